The van der Waals surface area contributed by atoms with E-state index in [0.29, 0.717) is 32.3 Å². The second-order valence-electron chi connectivity index (χ2n) is 12.1. The molecule has 1 aliphatic carbocycles. The minimum absolute atomic E-state index is 0.00634. The second-order valence-corrected chi connectivity index (χ2v) is 12.1. The highest BCUT2D eigenvalue weighted by Gasteiger charge is 2.53. The Morgan fingerprint density at radius 3 is 2.49 bits per heavy atom. The quantitative estimate of drug-likeness (QED) is 0.381. The maximum absolute atomic E-state index is 13.4. The Hall–Kier alpha value is -3.35. The summed E-state index contributed by atoms with van der Waals surface area (Å²) in [4.78, 5) is 36.8. The third kappa shape index (κ3) is 8.11. The van der Waals surface area contributed by atoms with E-state index in [1.54, 1.807) is 12.0 Å². The summed E-state index contributed by atoms with van der Waals surface area (Å²) in [6.45, 7) is 10.4. The summed E-state index contributed by atoms with van der Waals surface area (Å²) in [5, 5.41) is 22.0. The van der Waals surface area contributed by atoms with Crippen LogP contribution in [0, 0.1) is 24.2 Å². The van der Waals surface area contributed by atoms with E-state index in [1.165, 1.54) is 0 Å². The lowest BCUT2D eigenvalue weighted by molar-refractivity contribution is -0.192. The molecule has 1 saturated carbocycles. The smallest absolute Gasteiger partial charge is 0.487 e. The SMILES string of the molecule is COCC[C@H]([C@@H]1C[C@H]1C(=O)N[C@H]1CC(C)(C)Oc2ccc(C)cc21)N1C(=N)NC(C)(C)CC1=O.O=C(O)C(F)(F)F. The Morgan fingerprint density at radius 2 is 1.93 bits per heavy atom. The molecular formula is C28H39F3N4O6. The number of nitrogens with one attached hydrogen (secondary N) is 3. The Bertz CT molecular complexity index is 1170. The molecule has 2 heterocycles. The van der Waals surface area contributed by atoms with Crippen molar-refractivity contribution in [3.63, 3.8) is 0 Å². The predicted molar refractivity (Wildman–Crippen MR) is 143 cm³/mol. The van der Waals surface area contributed by atoms with Gasteiger partial charge >= 0.3 is 12.1 Å². The van der Waals surface area contributed by atoms with E-state index in [4.69, 9.17) is 24.8 Å². The molecule has 0 spiro atoms. The third-order valence-corrected chi connectivity index (χ3v) is 7.36. The molecule has 41 heavy (non-hydrogen) atoms. The number of hydrogen-bond donors (Lipinski definition) is 4. The van der Waals surface area contributed by atoms with Crippen molar-refractivity contribution in [2.24, 2.45) is 11.8 Å². The number of carboxylic acid groups (broad SMARTS) is 1. The summed E-state index contributed by atoms with van der Waals surface area (Å²) in [6.07, 6.45) is -2.79. The van der Waals surface area contributed by atoms with Crippen molar-refractivity contribution < 1.29 is 42.1 Å². The van der Waals surface area contributed by atoms with Crippen LogP contribution >= 0.6 is 0 Å². The van der Waals surface area contributed by atoms with E-state index < -0.39 is 17.7 Å². The van der Waals surface area contributed by atoms with Crippen LogP contribution in [0.5, 0.6) is 5.75 Å². The summed E-state index contributed by atoms with van der Waals surface area (Å²) >= 11 is 0. The van der Waals surface area contributed by atoms with Gasteiger partial charge in [0.25, 0.3) is 0 Å². The van der Waals surface area contributed by atoms with Crippen LogP contribution in [0.1, 0.15) is 70.5 Å². The summed E-state index contributed by atoms with van der Waals surface area (Å²) in [7, 11) is 1.63. The summed E-state index contributed by atoms with van der Waals surface area (Å²) in [5.74, 6) is -2.07. The van der Waals surface area contributed by atoms with Gasteiger partial charge in [-0.2, -0.15) is 13.2 Å². The summed E-state index contributed by atoms with van der Waals surface area (Å²) in [6, 6.07) is 5.73. The van der Waals surface area contributed by atoms with E-state index in [2.05, 4.69) is 16.7 Å². The van der Waals surface area contributed by atoms with Crippen LogP contribution in [0.2, 0.25) is 0 Å². The first kappa shape index (κ1) is 32.2. The van der Waals surface area contributed by atoms with Crippen molar-refractivity contribution >= 4 is 23.7 Å². The molecule has 2 amide bonds. The molecule has 0 aromatic heterocycles. The van der Waals surface area contributed by atoms with Crippen molar-refractivity contribution in [2.45, 2.75) is 89.7 Å². The highest BCUT2D eigenvalue weighted by molar-refractivity contribution is 5.99. The first-order valence-electron chi connectivity index (χ1n) is 13.4. The number of carbonyl (C=O) groups is 3. The summed E-state index contributed by atoms with van der Waals surface area (Å²) < 4.78 is 43.2. The lowest BCUT2D eigenvalue weighted by Crippen LogP contribution is -2.63. The van der Waals surface area contributed by atoms with Gasteiger partial charge in [-0.3, -0.25) is 19.9 Å². The molecule has 1 aromatic carbocycles. The third-order valence-electron chi connectivity index (χ3n) is 7.36. The number of methoxy groups -OCH3 is 1. The molecule has 4 N–H and O–H groups in total. The van der Waals surface area contributed by atoms with Gasteiger partial charge in [-0.05, 0) is 59.4 Å². The molecule has 10 nitrogen and oxygen atoms in total. The van der Waals surface area contributed by atoms with Gasteiger partial charge in [-0.1, -0.05) is 17.7 Å². The molecule has 1 aromatic rings. The van der Waals surface area contributed by atoms with Gasteiger partial charge in [-0.15, -0.1) is 0 Å². The molecule has 4 rings (SSSR count). The molecule has 228 valence electrons. The number of hydrogen-bond acceptors (Lipinski definition) is 6. The number of amides is 2. The van der Waals surface area contributed by atoms with Crippen LogP contribution in [0.4, 0.5) is 13.2 Å². The molecule has 1 saturated heterocycles. The number of nitrogens with zero attached hydrogens (tertiary/aromatic N) is 1. The zero-order chi connectivity index (χ0) is 30.9. The predicted octanol–water partition coefficient (Wildman–Crippen LogP) is 3.92. The topological polar surface area (TPSA) is 141 Å². The highest BCUT2D eigenvalue weighted by Crippen LogP contribution is 2.47. The number of guanidine groups is 1. The van der Waals surface area contributed by atoms with Gasteiger partial charge in [0, 0.05) is 49.6 Å². The maximum Gasteiger partial charge on any atom is 0.490 e. The standard InChI is InChI=1S/C26H38N4O4.C2HF3O2/c1-15-7-8-21-18(11-15)19(13-26(4,5)34-21)28-23(32)17-12-16(17)20(9-10-33-6)30-22(31)14-25(2,3)29-24(30)27;3-2(4,5)1(6)7/h7-8,11,16-17,19-20H,9-10,12-14H2,1-6H3,(H2,27,29)(H,28,32);(H,6,7)/t16-,17-,19+,20-;/m1./s1. The fourth-order valence-corrected chi connectivity index (χ4v) is 5.46. The number of halogens is 3. The lowest BCUT2D eigenvalue weighted by Gasteiger charge is -2.42. The molecule has 0 radical (unpaired) electrons. The van der Waals surface area contributed by atoms with Crippen molar-refractivity contribution in [2.75, 3.05) is 13.7 Å². The maximum atomic E-state index is 13.4. The van der Waals surface area contributed by atoms with Crippen LogP contribution in [0.3, 0.4) is 0 Å². The highest BCUT2D eigenvalue weighted by atomic mass is 19.4. The number of rotatable bonds is 7. The molecule has 13 heteroatoms. The minimum atomic E-state index is -5.08. The van der Waals surface area contributed by atoms with Crippen molar-refractivity contribution in [1.82, 2.24) is 15.5 Å². The molecule has 4 atom stereocenters. The van der Waals surface area contributed by atoms with Gasteiger partial charge < -0.3 is 25.2 Å². The molecule has 2 aliphatic heterocycles. The fourth-order valence-electron chi connectivity index (χ4n) is 5.46. The lowest BCUT2D eigenvalue weighted by atomic mass is 9.88. The normalized spacial score (nSPS) is 25.0. The second kappa shape index (κ2) is 11.9. The van der Waals surface area contributed by atoms with E-state index >= 15 is 0 Å². The first-order chi connectivity index (χ1) is 18.8. The minimum Gasteiger partial charge on any atom is -0.487 e. The van der Waals surface area contributed by atoms with Gasteiger partial charge in [0.1, 0.15) is 11.4 Å². The number of fused-ring (bicyclic) bond motifs is 1. The average Bonchev–Trinajstić information content (AvgIpc) is 3.60. The van der Waals surface area contributed by atoms with Gasteiger partial charge in [0.2, 0.25) is 11.8 Å². The molecule has 2 fully saturated rings. The fraction of sp³-hybridized carbons (Fsp3) is 0.643. The van der Waals surface area contributed by atoms with Crippen molar-refractivity contribution in [3.05, 3.63) is 29.3 Å². The number of aryl methyl sites for hydroxylation is 1. The van der Waals surface area contributed by atoms with Crippen LogP contribution < -0.4 is 15.4 Å². The number of alkyl halides is 3. The number of carboxylic acids is 1. The van der Waals surface area contributed by atoms with Gasteiger partial charge in [0.05, 0.1) is 6.04 Å². The number of benzene rings is 1. The van der Waals surface area contributed by atoms with E-state index in [9.17, 15) is 22.8 Å². The van der Waals surface area contributed by atoms with E-state index in [0.717, 1.165) is 16.9 Å². The Morgan fingerprint density at radius 1 is 1.29 bits per heavy atom. The average molecular weight is 585 g/mol. The largest absolute Gasteiger partial charge is 0.490 e. The zero-order valence-corrected chi connectivity index (χ0v) is 24.1. The van der Waals surface area contributed by atoms with Crippen LogP contribution in [-0.2, 0) is 19.1 Å². The molecule has 3 aliphatic rings. The Kier molecular flexibility index (Phi) is 9.31. The Labute approximate surface area is 237 Å². The van der Waals surface area contributed by atoms with E-state index in [-0.39, 0.29) is 47.3 Å². The van der Waals surface area contributed by atoms with Crippen LogP contribution in [0.25, 0.3) is 0 Å². The van der Waals surface area contributed by atoms with Crippen molar-refractivity contribution in [3.8, 4) is 5.75 Å². The number of aliphatic carboxylic acids is 1. The Balaban J connectivity index is 0.000000587. The molecule has 0 unspecified atom stereocenters. The van der Waals surface area contributed by atoms with E-state index in [1.807, 2.05) is 46.8 Å². The zero-order valence-electron chi connectivity index (χ0n) is 24.1. The first-order valence-corrected chi connectivity index (χ1v) is 13.4. The molecule has 0 bridgehead atoms. The van der Waals surface area contributed by atoms with Gasteiger partial charge in [0.15, 0.2) is 5.96 Å². The number of ether oxygens (including phenoxy) is 2. The monoisotopic (exact) mass is 584 g/mol. The van der Waals surface area contributed by atoms with Crippen LogP contribution in [0.15, 0.2) is 18.2 Å². The molecular weight excluding hydrogens is 545 g/mol. The van der Waals surface area contributed by atoms with Gasteiger partial charge in [-0.25, -0.2) is 4.79 Å². The summed E-state index contributed by atoms with van der Waals surface area (Å²) in [5.41, 5.74) is 1.32. The number of carbonyl (C=O) groups excluding carboxylic acids is 2. The van der Waals surface area contributed by atoms with Crippen molar-refractivity contribution in [1.29, 1.82) is 5.41 Å². The van der Waals surface area contributed by atoms with Crippen LogP contribution in [-0.4, -0.2) is 70.8 Å².